The molecule has 0 radical (unpaired) electrons. The lowest BCUT2D eigenvalue weighted by atomic mass is 10.1. The number of hydrogen-bond donors (Lipinski definition) is 1. The van der Waals surface area contributed by atoms with Crippen LogP contribution in [0.15, 0.2) is 54.6 Å². The number of anilines is 1. The number of ether oxygens (including phenoxy) is 1. The average molecular weight is 478 g/mol. The fourth-order valence-electron chi connectivity index (χ4n) is 2.87. The number of nitrogens with one attached hydrogen (secondary N) is 1. The summed E-state index contributed by atoms with van der Waals surface area (Å²) in [5, 5.41) is 2.67. The smallest absolute Gasteiger partial charge is 0.311 e. The van der Waals surface area contributed by atoms with Gasteiger partial charge in [-0.1, -0.05) is 30.3 Å². The molecule has 140 valence electrons. The van der Waals surface area contributed by atoms with Crippen LogP contribution in [0.1, 0.15) is 12.0 Å². The molecule has 1 aliphatic rings. The summed E-state index contributed by atoms with van der Waals surface area (Å²) in [5.41, 5.74) is 1.65. The molecule has 0 aromatic heterocycles. The molecule has 1 atom stereocenters. The van der Waals surface area contributed by atoms with Crippen molar-refractivity contribution in [3.8, 4) is 0 Å². The highest BCUT2D eigenvalue weighted by atomic mass is 127. The van der Waals surface area contributed by atoms with Gasteiger partial charge in [-0.3, -0.25) is 14.4 Å². The third kappa shape index (κ3) is 5.53. The van der Waals surface area contributed by atoms with Gasteiger partial charge in [-0.2, -0.15) is 0 Å². The monoisotopic (exact) mass is 478 g/mol. The molecule has 1 N–H and O–H groups in total. The normalized spacial score (nSPS) is 16.3. The molecule has 1 fully saturated rings. The van der Waals surface area contributed by atoms with E-state index in [4.69, 9.17) is 4.74 Å². The van der Waals surface area contributed by atoms with Crippen molar-refractivity contribution in [2.45, 2.75) is 13.0 Å². The number of carbonyl (C=O) groups excluding carboxylic acids is 3. The van der Waals surface area contributed by atoms with Crippen molar-refractivity contribution in [3.63, 3.8) is 0 Å². The minimum Gasteiger partial charge on any atom is -0.455 e. The Balaban J connectivity index is 1.46. The summed E-state index contributed by atoms with van der Waals surface area (Å²) in [5.74, 6) is -1.54. The van der Waals surface area contributed by atoms with Gasteiger partial charge in [0.1, 0.15) is 0 Å². The number of likely N-dealkylation sites (tertiary alicyclic amines) is 1. The van der Waals surface area contributed by atoms with E-state index in [-0.39, 0.29) is 18.9 Å². The first kappa shape index (κ1) is 19.3. The molecule has 0 spiro atoms. The number of hydrogen-bond acceptors (Lipinski definition) is 4. The number of nitrogens with zero attached hydrogens (tertiary/aromatic N) is 1. The van der Waals surface area contributed by atoms with Crippen molar-refractivity contribution >= 4 is 46.1 Å². The summed E-state index contributed by atoms with van der Waals surface area (Å²) in [6.07, 6.45) is 0.115. The predicted molar refractivity (Wildman–Crippen MR) is 109 cm³/mol. The third-order valence-electron chi connectivity index (χ3n) is 4.24. The number of rotatable bonds is 6. The van der Waals surface area contributed by atoms with Crippen LogP contribution in [-0.2, 0) is 25.7 Å². The van der Waals surface area contributed by atoms with Gasteiger partial charge in [0.15, 0.2) is 6.61 Å². The van der Waals surface area contributed by atoms with Crippen LogP contribution < -0.4 is 5.32 Å². The molecule has 1 saturated heterocycles. The molecule has 0 aliphatic carbocycles. The van der Waals surface area contributed by atoms with Gasteiger partial charge in [0.2, 0.25) is 5.91 Å². The van der Waals surface area contributed by atoms with Gasteiger partial charge in [-0.05, 0) is 52.4 Å². The summed E-state index contributed by atoms with van der Waals surface area (Å²) < 4.78 is 6.16. The van der Waals surface area contributed by atoms with Crippen LogP contribution in [0.5, 0.6) is 0 Å². The Morgan fingerprint density at radius 3 is 2.52 bits per heavy atom. The molecule has 3 rings (SSSR count). The van der Waals surface area contributed by atoms with E-state index in [0.717, 1.165) is 9.13 Å². The maximum Gasteiger partial charge on any atom is 0.311 e. The molecule has 0 saturated carbocycles. The minimum absolute atomic E-state index is 0.0795. The van der Waals surface area contributed by atoms with Crippen molar-refractivity contribution in [2.75, 3.05) is 18.5 Å². The van der Waals surface area contributed by atoms with Crippen LogP contribution in [0.4, 0.5) is 5.69 Å². The van der Waals surface area contributed by atoms with Gasteiger partial charge in [0.25, 0.3) is 5.91 Å². The van der Waals surface area contributed by atoms with Crippen molar-refractivity contribution < 1.29 is 19.1 Å². The highest BCUT2D eigenvalue weighted by Gasteiger charge is 2.35. The van der Waals surface area contributed by atoms with E-state index in [1.54, 1.807) is 17.0 Å². The first-order valence-electron chi connectivity index (χ1n) is 8.55. The predicted octanol–water partition coefficient (Wildman–Crippen LogP) is 2.82. The maximum absolute atomic E-state index is 12.2. The molecular formula is C20H19IN2O4. The molecule has 27 heavy (non-hydrogen) atoms. The van der Waals surface area contributed by atoms with Crippen LogP contribution in [0, 0.1) is 9.49 Å². The summed E-state index contributed by atoms with van der Waals surface area (Å²) in [7, 11) is 0. The van der Waals surface area contributed by atoms with Crippen LogP contribution >= 0.6 is 22.6 Å². The van der Waals surface area contributed by atoms with Gasteiger partial charge in [0, 0.05) is 28.8 Å². The molecule has 2 aromatic rings. The fourth-order valence-corrected chi connectivity index (χ4v) is 3.23. The van der Waals surface area contributed by atoms with E-state index in [1.807, 2.05) is 42.5 Å². The third-order valence-corrected chi connectivity index (χ3v) is 4.96. The Morgan fingerprint density at radius 1 is 1.11 bits per heavy atom. The summed E-state index contributed by atoms with van der Waals surface area (Å²) in [4.78, 5) is 37.9. The Bertz CT molecular complexity index is 824. The number of benzene rings is 2. The largest absolute Gasteiger partial charge is 0.455 e. The molecule has 0 unspecified atom stereocenters. The summed E-state index contributed by atoms with van der Waals surface area (Å²) in [6, 6.07) is 16.9. The quantitative estimate of drug-likeness (QED) is 0.512. The van der Waals surface area contributed by atoms with Crippen molar-refractivity contribution in [1.82, 2.24) is 4.90 Å². The van der Waals surface area contributed by atoms with E-state index in [1.165, 1.54) is 0 Å². The second-order valence-corrected chi connectivity index (χ2v) is 7.57. The van der Waals surface area contributed by atoms with E-state index < -0.39 is 17.8 Å². The van der Waals surface area contributed by atoms with Crippen LogP contribution in [0.25, 0.3) is 0 Å². The van der Waals surface area contributed by atoms with Gasteiger partial charge < -0.3 is 15.0 Å². The molecule has 6 nitrogen and oxygen atoms in total. The topological polar surface area (TPSA) is 75.7 Å². The molecular weight excluding hydrogens is 459 g/mol. The number of halogens is 1. The van der Waals surface area contributed by atoms with Gasteiger partial charge in [-0.25, -0.2) is 0 Å². The zero-order valence-electron chi connectivity index (χ0n) is 14.6. The highest BCUT2D eigenvalue weighted by Crippen LogP contribution is 2.21. The second-order valence-electron chi connectivity index (χ2n) is 6.32. The molecule has 1 heterocycles. The second kappa shape index (κ2) is 8.98. The number of esters is 1. The lowest BCUT2D eigenvalue weighted by Crippen LogP contribution is -2.28. The van der Waals surface area contributed by atoms with Gasteiger partial charge in [-0.15, -0.1) is 0 Å². The molecule has 0 bridgehead atoms. The Kier molecular flexibility index (Phi) is 6.44. The van der Waals surface area contributed by atoms with Crippen LogP contribution in [0.3, 0.4) is 0 Å². The molecule has 1 aliphatic heterocycles. The minimum atomic E-state index is -0.535. The highest BCUT2D eigenvalue weighted by molar-refractivity contribution is 14.1. The molecule has 2 amide bonds. The van der Waals surface area contributed by atoms with Crippen LogP contribution in [0.2, 0.25) is 0 Å². The first-order chi connectivity index (χ1) is 13.0. The first-order valence-corrected chi connectivity index (χ1v) is 9.63. The van der Waals surface area contributed by atoms with Gasteiger partial charge >= 0.3 is 5.97 Å². The van der Waals surface area contributed by atoms with Crippen LogP contribution in [-0.4, -0.2) is 35.8 Å². The molecule has 7 heteroatoms. The summed E-state index contributed by atoms with van der Waals surface area (Å²) >= 11 is 2.17. The van der Waals surface area contributed by atoms with E-state index in [2.05, 4.69) is 27.9 Å². The van der Waals surface area contributed by atoms with Crippen molar-refractivity contribution in [3.05, 3.63) is 63.7 Å². The van der Waals surface area contributed by atoms with E-state index in [9.17, 15) is 14.4 Å². The summed E-state index contributed by atoms with van der Waals surface area (Å²) in [6.45, 7) is 0.413. The Morgan fingerprint density at radius 2 is 1.81 bits per heavy atom. The lowest BCUT2D eigenvalue weighted by molar-refractivity contribution is -0.151. The lowest BCUT2D eigenvalue weighted by Gasteiger charge is -2.16. The van der Waals surface area contributed by atoms with Crippen molar-refractivity contribution in [2.24, 2.45) is 5.92 Å². The van der Waals surface area contributed by atoms with Gasteiger partial charge in [0.05, 0.1) is 5.92 Å². The number of amides is 2. The SMILES string of the molecule is O=C(COC(=O)[C@H]1CC(=O)N(Cc2ccccc2)C1)Nc1ccc(I)cc1. The van der Waals surface area contributed by atoms with E-state index >= 15 is 0 Å². The van der Waals surface area contributed by atoms with E-state index in [0.29, 0.717) is 18.8 Å². The number of carbonyl (C=O) groups is 3. The maximum atomic E-state index is 12.2. The zero-order valence-corrected chi connectivity index (χ0v) is 16.7. The standard InChI is InChI=1S/C20H19IN2O4/c21-16-6-8-17(9-7-16)22-18(24)13-27-20(26)15-10-19(25)23(12-15)11-14-4-2-1-3-5-14/h1-9,15H,10-13H2,(H,22,24)/t15-/m0/s1. The fraction of sp³-hybridized carbons (Fsp3) is 0.250. The Labute approximate surface area is 171 Å². The van der Waals surface area contributed by atoms with Crippen molar-refractivity contribution in [1.29, 1.82) is 0 Å². The zero-order chi connectivity index (χ0) is 19.2. The average Bonchev–Trinajstić information content (AvgIpc) is 3.03. The Hall–Kier alpha value is -2.42. The molecule has 2 aromatic carbocycles.